The average Bonchev–Trinajstić information content (AvgIpc) is 2.66. The van der Waals surface area contributed by atoms with Crippen molar-refractivity contribution in [3.8, 4) is 0 Å². The van der Waals surface area contributed by atoms with E-state index in [1.54, 1.807) is 17.8 Å². The molecule has 0 atom stereocenters. The molecular weight excluding hydrogens is 347 g/mol. The Morgan fingerprint density at radius 2 is 2.00 bits per heavy atom. The van der Waals surface area contributed by atoms with Gasteiger partial charge in [-0.05, 0) is 35.7 Å². The molecule has 0 bridgehead atoms. The number of rotatable bonds is 6. The predicted octanol–water partition coefficient (Wildman–Crippen LogP) is 3.34. The third-order valence-corrected chi connectivity index (χ3v) is 5.27. The predicted molar refractivity (Wildman–Crippen MR) is 109 cm³/mol. The topological polar surface area (TPSA) is 53.6 Å². The van der Waals surface area contributed by atoms with Crippen molar-refractivity contribution in [2.24, 2.45) is 10.7 Å². The van der Waals surface area contributed by atoms with Gasteiger partial charge in [-0.15, -0.1) is 0 Å². The summed E-state index contributed by atoms with van der Waals surface area (Å²) < 4.78 is 13.5. The van der Waals surface area contributed by atoms with Crippen LogP contribution in [0.1, 0.15) is 11.1 Å². The lowest BCUT2D eigenvalue weighted by Crippen LogP contribution is -2.40. The molecule has 0 aliphatic carbocycles. The molecule has 3 rings (SSSR count). The van der Waals surface area contributed by atoms with Crippen molar-refractivity contribution in [3.05, 3.63) is 65.5 Å². The molecule has 0 unspecified atom stereocenters. The molecule has 0 saturated carbocycles. The maximum atomic E-state index is 13.5. The lowest BCUT2D eigenvalue weighted by atomic mass is 10.0. The van der Waals surface area contributed by atoms with Gasteiger partial charge in [0.05, 0.1) is 6.54 Å². The SMILES string of the molecule is NCCSCCN=C(Nc1cccc(F)c1)N1CCc2ccccc2C1. The average molecular weight is 373 g/mol. The Labute approximate surface area is 158 Å². The molecule has 0 fully saturated rings. The summed E-state index contributed by atoms with van der Waals surface area (Å²) >= 11 is 1.80. The van der Waals surface area contributed by atoms with Gasteiger partial charge in [-0.25, -0.2) is 4.39 Å². The Morgan fingerprint density at radius 3 is 2.81 bits per heavy atom. The second-order valence-corrected chi connectivity index (χ2v) is 7.41. The highest BCUT2D eigenvalue weighted by atomic mass is 32.2. The number of guanidine groups is 1. The third kappa shape index (κ3) is 5.22. The summed E-state index contributed by atoms with van der Waals surface area (Å²) in [6.45, 7) is 3.10. The van der Waals surface area contributed by atoms with E-state index in [9.17, 15) is 4.39 Å². The van der Waals surface area contributed by atoms with Gasteiger partial charge in [0.25, 0.3) is 0 Å². The minimum absolute atomic E-state index is 0.253. The van der Waals surface area contributed by atoms with Crippen LogP contribution in [0.2, 0.25) is 0 Å². The lowest BCUT2D eigenvalue weighted by Gasteiger charge is -2.32. The van der Waals surface area contributed by atoms with E-state index in [-0.39, 0.29) is 5.82 Å². The largest absolute Gasteiger partial charge is 0.338 e. The van der Waals surface area contributed by atoms with Crippen LogP contribution in [0.4, 0.5) is 10.1 Å². The fourth-order valence-corrected chi connectivity index (χ4v) is 3.58. The zero-order chi connectivity index (χ0) is 18.2. The molecule has 0 aromatic heterocycles. The Balaban J connectivity index is 1.73. The first-order valence-electron chi connectivity index (χ1n) is 8.93. The smallest absolute Gasteiger partial charge is 0.198 e. The molecule has 0 saturated heterocycles. The molecule has 138 valence electrons. The van der Waals surface area contributed by atoms with Crippen LogP contribution < -0.4 is 11.1 Å². The Kier molecular flexibility index (Phi) is 6.91. The molecule has 0 spiro atoms. The van der Waals surface area contributed by atoms with Crippen molar-refractivity contribution in [1.29, 1.82) is 0 Å². The monoisotopic (exact) mass is 372 g/mol. The normalized spacial score (nSPS) is 14.2. The number of nitrogens with two attached hydrogens (primary N) is 1. The van der Waals surface area contributed by atoms with Crippen molar-refractivity contribution in [1.82, 2.24) is 4.90 Å². The van der Waals surface area contributed by atoms with Crippen LogP contribution in [0.15, 0.2) is 53.5 Å². The number of benzene rings is 2. The molecule has 6 heteroatoms. The van der Waals surface area contributed by atoms with Gasteiger partial charge in [0.15, 0.2) is 5.96 Å². The van der Waals surface area contributed by atoms with E-state index in [0.717, 1.165) is 42.7 Å². The van der Waals surface area contributed by atoms with Crippen LogP contribution in [0.25, 0.3) is 0 Å². The van der Waals surface area contributed by atoms with Crippen molar-refractivity contribution >= 4 is 23.4 Å². The van der Waals surface area contributed by atoms with Crippen molar-refractivity contribution in [2.45, 2.75) is 13.0 Å². The molecule has 1 aliphatic rings. The van der Waals surface area contributed by atoms with E-state index in [0.29, 0.717) is 13.1 Å². The molecular formula is C20H25FN4S. The van der Waals surface area contributed by atoms with E-state index < -0.39 is 0 Å². The number of anilines is 1. The fraction of sp³-hybridized carbons (Fsp3) is 0.350. The van der Waals surface area contributed by atoms with Gasteiger partial charge in [-0.3, -0.25) is 4.99 Å². The molecule has 4 nitrogen and oxygen atoms in total. The first-order valence-corrected chi connectivity index (χ1v) is 10.1. The molecule has 3 N–H and O–H groups in total. The fourth-order valence-electron chi connectivity index (χ4n) is 2.99. The summed E-state index contributed by atoms with van der Waals surface area (Å²) in [5.41, 5.74) is 8.98. The molecule has 1 heterocycles. The first kappa shape index (κ1) is 18.7. The van der Waals surface area contributed by atoms with Gasteiger partial charge in [0, 0.05) is 36.8 Å². The molecule has 2 aromatic carbocycles. The quantitative estimate of drug-likeness (QED) is 0.464. The summed E-state index contributed by atoms with van der Waals surface area (Å²) in [4.78, 5) is 7.00. The van der Waals surface area contributed by atoms with Crippen LogP contribution in [0, 0.1) is 5.82 Å². The van der Waals surface area contributed by atoms with Gasteiger partial charge in [-0.1, -0.05) is 30.3 Å². The van der Waals surface area contributed by atoms with E-state index >= 15 is 0 Å². The third-order valence-electron chi connectivity index (χ3n) is 4.27. The zero-order valence-corrected chi connectivity index (χ0v) is 15.6. The molecule has 0 amide bonds. The van der Waals surface area contributed by atoms with Gasteiger partial charge in [0.1, 0.15) is 5.82 Å². The highest BCUT2D eigenvalue weighted by Gasteiger charge is 2.19. The molecule has 1 aliphatic heterocycles. The number of fused-ring (bicyclic) bond motifs is 1. The van der Waals surface area contributed by atoms with E-state index in [1.807, 2.05) is 6.07 Å². The summed E-state index contributed by atoms with van der Waals surface area (Å²) in [5, 5.41) is 3.31. The minimum atomic E-state index is -0.253. The highest BCUT2D eigenvalue weighted by Crippen LogP contribution is 2.20. The van der Waals surface area contributed by atoms with E-state index in [1.165, 1.54) is 23.3 Å². The summed E-state index contributed by atoms with van der Waals surface area (Å²) in [6, 6.07) is 15.0. The number of hydrogen-bond acceptors (Lipinski definition) is 3. The number of hydrogen-bond donors (Lipinski definition) is 2. The number of nitrogens with zero attached hydrogens (tertiary/aromatic N) is 2. The second-order valence-electron chi connectivity index (χ2n) is 6.18. The second kappa shape index (κ2) is 9.59. The number of halogens is 1. The summed E-state index contributed by atoms with van der Waals surface area (Å²) in [7, 11) is 0. The Morgan fingerprint density at radius 1 is 1.15 bits per heavy atom. The molecule has 0 radical (unpaired) electrons. The summed E-state index contributed by atoms with van der Waals surface area (Å²) in [6.07, 6.45) is 0.988. The maximum Gasteiger partial charge on any atom is 0.198 e. The first-order chi connectivity index (χ1) is 12.8. The van der Waals surface area contributed by atoms with Crippen molar-refractivity contribution in [2.75, 3.05) is 36.5 Å². The van der Waals surface area contributed by atoms with Gasteiger partial charge in [-0.2, -0.15) is 11.8 Å². The Hall–Kier alpha value is -2.05. The lowest BCUT2D eigenvalue weighted by molar-refractivity contribution is 0.391. The van der Waals surface area contributed by atoms with Crippen LogP contribution in [-0.2, 0) is 13.0 Å². The van der Waals surface area contributed by atoms with Crippen LogP contribution in [-0.4, -0.2) is 42.0 Å². The Bertz CT molecular complexity index is 750. The highest BCUT2D eigenvalue weighted by molar-refractivity contribution is 7.99. The van der Waals surface area contributed by atoms with E-state index in [2.05, 4.69) is 34.5 Å². The molecule has 26 heavy (non-hydrogen) atoms. The minimum Gasteiger partial charge on any atom is -0.338 e. The van der Waals surface area contributed by atoms with E-state index in [4.69, 9.17) is 10.7 Å². The van der Waals surface area contributed by atoms with Gasteiger partial charge >= 0.3 is 0 Å². The zero-order valence-electron chi connectivity index (χ0n) is 14.8. The van der Waals surface area contributed by atoms with Crippen molar-refractivity contribution in [3.63, 3.8) is 0 Å². The van der Waals surface area contributed by atoms with Crippen LogP contribution in [0.5, 0.6) is 0 Å². The van der Waals surface area contributed by atoms with Crippen LogP contribution in [0.3, 0.4) is 0 Å². The number of nitrogens with one attached hydrogen (secondary N) is 1. The summed E-state index contributed by atoms with van der Waals surface area (Å²) in [5.74, 6) is 2.42. The van der Waals surface area contributed by atoms with Gasteiger partial charge in [0.2, 0.25) is 0 Å². The van der Waals surface area contributed by atoms with Crippen LogP contribution >= 0.6 is 11.8 Å². The van der Waals surface area contributed by atoms with Crippen molar-refractivity contribution < 1.29 is 4.39 Å². The van der Waals surface area contributed by atoms with Gasteiger partial charge < -0.3 is 16.0 Å². The maximum absolute atomic E-state index is 13.5. The molecule has 2 aromatic rings. The number of aliphatic imine (C=N–C) groups is 1. The number of thioether (sulfide) groups is 1. The standard InChI is InChI=1S/C20H25FN4S/c21-18-6-3-7-19(14-18)24-20(23-10-13-26-12-9-22)25-11-8-16-4-1-2-5-17(16)15-25/h1-7,14H,8-13,15,22H2,(H,23,24).